The molecule has 7 nitrogen and oxygen atoms in total. The third-order valence-electron chi connectivity index (χ3n) is 2.61. The molecule has 7 heteroatoms. The molecule has 5 N–H and O–H groups in total. The minimum atomic E-state index is -0.250. The topological polar surface area (TPSA) is 112 Å². The Balaban J connectivity index is 2.09. The lowest BCUT2D eigenvalue weighted by Gasteiger charge is -2.13. The van der Waals surface area contributed by atoms with Gasteiger partial charge in [-0.2, -0.15) is 5.10 Å². The molecule has 0 fully saturated rings. The predicted molar refractivity (Wildman–Crippen MR) is 66.8 cm³/mol. The van der Waals surface area contributed by atoms with Crippen LogP contribution in [0.1, 0.15) is 41.4 Å². The van der Waals surface area contributed by atoms with Crippen molar-refractivity contribution in [2.24, 2.45) is 0 Å². The minimum Gasteiger partial charge on any atom is -0.382 e. The first kappa shape index (κ1) is 12.2. The van der Waals surface area contributed by atoms with E-state index < -0.39 is 0 Å². The van der Waals surface area contributed by atoms with E-state index in [1.54, 1.807) is 6.20 Å². The molecule has 0 spiro atoms. The number of carbonyl (C=O) groups excluding carboxylic acids is 1. The second kappa shape index (κ2) is 4.91. The number of anilines is 1. The molecule has 0 aliphatic heterocycles. The number of nitrogen functional groups attached to an aromatic ring is 1. The van der Waals surface area contributed by atoms with Crippen LogP contribution < -0.4 is 11.1 Å². The molecule has 0 radical (unpaired) electrons. The standard InChI is InChI=1S/C11H16N6O/c1-3-7(10-13-5-6(2)14-10)15-11(18)8-4-9(12)17-16-8/h4-5,7H,3H2,1-2H3,(H,13,14)(H,15,18)(H3,12,16,17). The highest BCUT2D eigenvalue weighted by Gasteiger charge is 2.17. The Hall–Kier alpha value is -2.31. The number of rotatable bonds is 4. The first-order valence-corrected chi connectivity index (χ1v) is 5.73. The summed E-state index contributed by atoms with van der Waals surface area (Å²) in [7, 11) is 0. The number of carbonyl (C=O) groups is 1. The van der Waals surface area contributed by atoms with Gasteiger partial charge < -0.3 is 16.0 Å². The van der Waals surface area contributed by atoms with Gasteiger partial charge in [-0.1, -0.05) is 6.92 Å². The third kappa shape index (κ3) is 2.50. The van der Waals surface area contributed by atoms with Gasteiger partial charge in [-0.15, -0.1) is 0 Å². The molecule has 1 amide bonds. The molecule has 0 aliphatic carbocycles. The zero-order valence-electron chi connectivity index (χ0n) is 10.3. The number of aryl methyl sites for hydroxylation is 1. The first-order chi connectivity index (χ1) is 8.60. The lowest BCUT2D eigenvalue weighted by molar-refractivity contribution is 0.0928. The molecule has 0 aromatic carbocycles. The molecule has 2 heterocycles. The molecule has 2 rings (SSSR count). The van der Waals surface area contributed by atoms with E-state index in [2.05, 4.69) is 25.5 Å². The summed E-state index contributed by atoms with van der Waals surface area (Å²) in [6.45, 7) is 3.89. The molecule has 0 aliphatic rings. The Morgan fingerprint density at radius 3 is 2.89 bits per heavy atom. The Bertz CT molecular complexity index is 543. The summed E-state index contributed by atoms with van der Waals surface area (Å²) in [6, 6.07) is 1.34. The fourth-order valence-electron chi connectivity index (χ4n) is 1.66. The summed E-state index contributed by atoms with van der Waals surface area (Å²) in [5.41, 5.74) is 6.76. The fourth-order valence-corrected chi connectivity index (χ4v) is 1.66. The van der Waals surface area contributed by atoms with Crippen LogP contribution in [0.2, 0.25) is 0 Å². The molecule has 2 aromatic heterocycles. The fraction of sp³-hybridized carbons (Fsp3) is 0.364. The summed E-state index contributed by atoms with van der Waals surface area (Å²) in [5, 5.41) is 9.16. The van der Waals surface area contributed by atoms with Crippen molar-refractivity contribution in [3.63, 3.8) is 0 Å². The Kier molecular flexibility index (Phi) is 3.31. The summed E-state index contributed by atoms with van der Waals surface area (Å²) in [5.74, 6) is 0.790. The van der Waals surface area contributed by atoms with Crippen LogP contribution in [0, 0.1) is 6.92 Å². The van der Waals surface area contributed by atoms with Crippen LogP contribution in [0.15, 0.2) is 12.3 Å². The van der Waals surface area contributed by atoms with Crippen molar-refractivity contribution < 1.29 is 4.79 Å². The lowest BCUT2D eigenvalue weighted by atomic mass is 10.2. The quantitative estimate of drug-likeness (QED) is 0.644. The maximum absolute atomic E-state index is 11.9. The minimum absolute atomic E-state index is 0.157. The van der Waals surface area contributed by atoms with Gasteiger partial charge in [0.1, 0.15) is 17.3 Å². The van der Waals surface area contributed by atoms with E-state index >= 15 is 0 Å². The third-order valence-corrected chi connectivity index (χ3v) is 2.61. The number of aromatic nitrogens is 4. The number of nitrogens with one attached hydrogen (secondary N) is 3. The van der Waals surface area contributed by atoms with Crippen LogP contribution in [-0.2, 0) is 0 Å². The van der Waals surface area contributed by atoms with Gasteiger partial charge >= 0.3 is 0 Å². The van der Waals surface area contributed by atoms with Gasteiger partial charge in [0.15, 0.2) is 0 Å². The zero-order valence-corrected chi connectivity index (χ0v) is 10.3. The van der Waals surface area contributed by atoms with E-state index in [4.69, 9.17) is 5.73 Å². The van der Waals surface area contributed by atoms with Gasteiger partial charge in [0.2, 0.25) is 0 Å². The van der Waals surface area contributed by atoms with Crippen LogP contribution in [0.25, 0.3) is 0 Å². The second-order valence-electron chi connectivity index (χ2n) is 4.09. The number of nitrogens with two attached hydrogens (primary N) is 1. The van der Waals surface area contributed by atoms with E-state index in [9.17, 15) is 4.79 Å². The largest absolute Gasteiger partial charge is 0.382 e. The van der Waals surface area contributed by atoms with E-state index in [0.717, 1.165) is 17.9 Å². The maximum atomic E-state index is 11.9. The van der Waals surface area contributed by atoms with Crippen molar-refractivity contribution >= 4 is 11.7 Å². The van der Waals surface area contributed by atoms with Gasteiger partial charge in [0.05, 0.1) is 6.04 Å². The molecule has 1 unspecified atom stereocenters. The van der Waals surface area contributed by atoms with Gasteiger partial charge in [-0.3, -0.25) is 9.89 Å². The predicted octanol–water partition coefficient (Wildman–Crippen LogP) is 0.905. The molecule has 0 bridgehead atoms. The van der Waals surface area contributed by atoms with Crippen LogP contribution in [0.4, 0.5) is 5.82 Å². The van der Waals surface area contributed by atoms with E-state index in [1.807, 2.05) is 13.8 Å². The highest BCUT2D eigenvalue weighted by Crippen LogP contribution is 2.13. The molecule has 0 saturated carbocycles. The highest BCUT2D eigenvalue weighted by molar-refractivity contribution is 5.93. The summed E-state index contributed by atoms with van der Waals surface area (Å²) >= 11 is 0. The van der Waals surface area contributed by atoms with Crippen molar-refractivity contribution in [2.75, 3.05) is 5.73 Å². The second-order valence-corrected chi connectivity index (χ2v) is 4.09. The number of hydrogen-bond acceptors (Lipinski definition) is 4. The average Bonchev–Trinajstić information content (AvgIpc) is 2.94. The summed E-state index contributed by atoms with van der Waals surface area (Å²) in [6.07, 6.45) is 2.47. The summed E-state index contributed by atoms with van der Waals surface area (Å²) in [4.78, 5) is 19.3. The van der Waals surface area contributed by atoms with Gasteiger partial charge in [-0.05, 0) is 13.3 Å². The Morgan fingerprint density at radius 2 is 2.39 bits per heavy atom. The smallest absolute Gasteiger partial charge is 0.269 e. The Morgan fingerprint density at radius 1 is 1.61 bits per heavy atom. The molecule has 2 aromatic rings. The number of hydrogen-bond donors (Lipinski definition) is 4. The first-order valence-electron chi connectivity index (χ1n) is 5.73. The number of aromatic amines is 2. The lowest BCUT2D eigenvalue weighted by Crippen LogP contribution is -2.29. The number of H-pyrrole nitrogens is 2. The van der Waals surface area contributed by atoms with Crippen LogP contribution >= 0.6 is 0 Å². The number of amides is 1. The van der Waals surface area contributed by atoms with E-state index in [0.29, 0.717) is 11.5 Å². The SMILES string of the molecule is CCC(NC(=O)c1cc(N)n[nH]1)c1ncc(C)[nH]1. The summed E-state index contributed by atoms with van der Waals surface area (Å²) < 4.78 is 0. The van der Waals surface area contributed by atoms with Gasteiger partial charge in [0.25, 0.3) is 5.91 Å². The van der Waals surface area contributed by atoms with E-state index in [-0.39, 0.29) is 11.9 Å². The monoisotopic (exact) mass is 248 g/mol. The van der Waals surface area contributed by atoms with Crippen LogP contribution in [0.3, 0.4) is 0 Å². The molecule has 0 saturated heterocycles. The maximum Gasteiger partial charge on any atom is 0.269 e. The highest BCUT2D eigenvalue weighted by atomic mass is 16.2. The van der Waals surface area contributed by atoms with E-state index in [1.165, 1.54) is 6.07 Å². The molecule has 1 atom stereocenters. The van der Waals surface area contributed by atoms with Crippen molar-refractivity contribution in [1.82, 2.24) is 25.5 Å². The molecule has 96 valence electrons. The van der Waals surface area contributed by atoms with Crippen LogP contribution in [-0.4, -0.2) is 26.1 Å². The molecule has 18 heavy (non-hydrogen) atoms. The molecular formula is C11H16N6O. The number of imidazole rings is 1. The number of nitrogens with zero attached hydrogens (tertiary/aromatic N) is 2. The Labute approximate surface area is 104 Å². The van der Waals surface area contributed by atoms with Crippen LogP contribution in [0.5, 0.6) is 0 Å². The zero-order chi connectivity index (χ0) is 13.1. The van der Waals surface area contributed by atoms with Crippen molar-refractivity contribution in [3.8, 4) is 0 Å². The van der Waals surface area contributed by atoms with Crippen molar-refractivity contribution in [2.45, 2.75) is 26.3 Å². The van der Waals surface area contributed by atoms with Gasteiger partial charge in [0, 0.05) is 18.0 Å². The van der Waals surface area contributed by atoms with Gasteiger partial charge in [-0.25, -0.2) is 4.98 Å². The normalized spacial score (nSPS) is 12.3. The molecular weight excluding hydrogens is 232 g/mol. The van der Waals surface area contributed by atoms with Crippen molar-refractivity contribution in [1.29, 1.82) is 0 Å². The van der Waals surface area contributed by atoms with Crippen molar-refractivity contribution in [3.05, 3.63) is 29.5 Å². The average molecular weight is 248 g/mol.